The van der Waals surface area contributed by atoms with Gasteiger partial charge in [0.2, 0.25) is 0 Å². The second kappa shape index (κ2) is 7.69. The number of amides is 2. The van der Waals surface area contributed by atoms with E-state index in [4.69, 9.17) is 5.73 Å². The molecule has 0 aliphatic rings. The molecular formula is C16H18N4O. The van der Waals surface area contributed by atoms with Crippen LogP contribution in [0.5, 0.6) is 0 Å². The highest BCUT2D eigenvalue weighted by molar-refractivity contribution is 5.95. The van der Waals surface area contributed by atoms with Crippen LogP contribution in [0.15, 0.2) is 65.7 Å². The van der Waals surface area contributed by atoms with E-state index in [0.29, 0.717) is 19.0 Å². The fraction of sp³-hybridized carbons (Fsp3) is 0.125. The van der Waals surface area contributed by atoms with Gasteiger partial charge in [0.25, 0.3) is 0 Å². The zero-order valence-electron chi connectivity index (χ0n) is 11.6. The number of nitrogens with one attached hydrogen (secondary N) is 2. The lowest BCUT2D eigenvalue weighted by Gasteiger charge is -2.10. The third-order valence-electron chi connectivity index (χ3n) is 2.81. The van der Waals surface area contributed by atoms with Crippen molar-refractivity contribution < 1.29 is 4.79 Å². The van der Waals surface area contributed by atoms with Crippen LogP contribution in [0.2, 0.25) is 0 Å². The highest BCUT2D eigenvalue weighted by atomic mass is 16.2. The number of urea groups is 1. The Kier molecular flexibility index (Phi) is 5.34. The van der Waals surface area contributed by atoms with E-state index in [1.54, 1.807) is 0 Å². The number of hydrogen-bond donors (Lipinski definition) is 3. The first-order valence-corrected chi connectivity index (χ1v) is 6.66. The van der Waals surface area contributed by atoms with Gasteiger partial charge in [-0.3, -0.25) is 5.32 Å². The second-order valence-electron chi connectivity index (χ2n) is 4.48. The lowest BCUT2D eigenvalue weighted by Crippen LogP contribution is -2.43. The minimum atomic E-state index is -0.637. The van der Waals surface area contributed by atoms with E-state index in [-0.39, 0.29) is 0 Å². The van der Waals surface area contributed by atoms with Gasteiger partial charge >= 0.3 is 6.03 Å². The second-order valence-corrected chi connectivity index (χ2v) is 4.48. The van der Waals surface area contributed by atoms with Gasteiger partial charge in [0.05, 0.1) is 6.54 Å². The van der Waals surface area contributed by atoms with Gasteiger partial charge in [0.1, 0.15) is 0 Å². The predicted molar refractivity (Wildman–Crippen MR) is 83.6 cm³/mol. The van der Waals surface area contributed by atoms with Gasteiger partial charge in [0, 0.05) is 6.54 Å². The smallest absolute Gasteiger partial charge is 0.318 e. The molecule has 21 heavy (non-hydrogen) atoms. The summed E-state index contributed by atoms with van der Waals surface area (Å²) in [6.07, 6.45) is 0. The molecule has 0 bridgehead atoms. The molecule has 5 heteroatoms. The van der Waals surface area contributed by atoms with E-state index in [0.717, 1.165) is 11.1 Å². The normalized spacial score (nSPS) is 11.0. The van der Waals surface area contributed by atoms with E-state index in [2.05, 4.69) is 15.6 Å². The molecule has 0 fully saturated rings. The molecule has 0 atom stereocenters. The molecule has 0 aliphatic heterocycles. The van der Waals surface area contributed by atoms with Crippen LogP contribution >= 0.6 is 0 Å². The number of nitrogens with zero attached hydrogens (tertiary/aromatic N) is 1. The Bertz CT molecular complexity index is 596. The molecule has 2 aromatic carbocycles. The summed E-state index contributed by atoms with van der Waals surface area (Å²) in [5, 5.41) is 5.57. The number of hydrogen-bond acceptors (Lipinski definition) is 2. The van der Waals surface area contributed by atoms with E-state index < -0.39 is 6.03 Å². The minimum Gasteiger partial charge on any atom is -0.352 e. The molecule has 0 aliphatic carbocycles. The zero-order chi connectivity index (χ0) is 14.9. The Morgan fingerprint density at radius 1 is 0.952 bits per heavy atom. The number of rotatable bonds is 4. The summed E-state index contributed by atoms with van der Waals surface area (Å²) in [7, 11) is 0. The Labute approximate surface area is 123 Å². The first kappa shape index (κ1) is 14.6. The summed E-state index contributed by atoms with van der Waals surface area (Å²) in [4.78, 5) is 15.4. The number of benzene rings is 2. The van der Waals surface area contributed by atoms with Gasteiger partial charge in [-0.05, 0) is 11.1 Å². The van der Waals surface area contributed by atoms with Crippen molar-refractivity contribution in [3.8, 4) is 0 Å². The standard InChI is InChI=1S/C16H18N4O/c17-15(21)20-16(18-11-13-7-3-1-4-8-13)19-12-14-9-5-2-6-10-14/h1-10H,11-12H2,(H4,17,18,19,20,21). The molecule has 0 spiro atoms. The Morgan fingerprint density at radius 2 is 1.52 bits per heavy atom. The molecule has 0 unspecified atom stereocenters. The maximum absolute atomic E-state index is 11.0. The highest BCUT2D eigenvalue weighted by Crippen LogP contribution is 2.00. The van der Waals surface area contributed by atoms with E-state index in [1.165, 1.54) is 0 Å². The van der Waals surface area contributed by atoms with Crippen molar-refractivity contribution in [3.05, 3.63) is 71.8 Å². The van der Waals surface area contributed by atoms with E-state index >= 15 is 0 Å². The van der Waals surface area contributed by atoms with Crippen molar-refractivity contribution in [1.82, 2.24) is 10.6 Å². The van der Waals surface area contributed by atoms with Gasteiger partial charge < -0.3 is 11.1 Å². The molecule has 0 saturated heterocycles. The van der Waals surface area contributed by atoms with Crippen LogP contribution in [0.4, 0.5) is 4.79 Å². The lowest BCUT2D eigenvalue weighted by molar-refractivity contribution is 0.253. The molecule has 0 radical (unpaired) electrons. The third-order valence-corrected chi connectivity index (χ3v) is 2.81. The molecule has 108 valence electrons. The van der Waals surface area contributed by atoms with Crippen molar-refractivity contribution in [2.75, 3.05) is 0 Å². The summed E-state index contributed by atoms with van der Waals surface area (Å²) >= 11 is 0. The zero-order valence-corrected chi connectivity index (χ0v) is 11.6. The molecule has 2 aromatic rings. The molecule has 2 amide bonds. The minimum absolute atomic E-state index is 0.371. The van der Waals surface area contributed by atoms with Gasteiger partial charge in [-0.2, -0.15) is 0 Å². The largest absolute Gasteiger partial charge is 0.352 e. The van der Waals surface area contributed by atoms with Gasteiger partial charge in [-0.25, -0.2) is 9.79 Å². The molecule has 0 heterocycles. The molecule has 4 N–H and O–H groups in total. The summed E-state index contributed by atoms with van der Waals surface area (Å²) in [5.41, 5.74) is 7.31. The topological polar surface area (TPSA) is 79.5 Å². The van der Waals surface area contributed by atoms with E-state index in [9.17, 15) is 4.79 Å². The monoisotopic (exact) mass is 282 g/mol. The van der Waals surface area contributed by atoms with Gasteiger partial charge in [-0.15, -0.1) is 0 Å². The fourth-order valence-electron chi connectivity index (χ4n) is 1.79. The maximum Gasteiger partial charge on any atom is 0.318 e. The Morgan fingerprint density at radius 3 is 2.10 bits per heavy atom. The van der Waals surface area contributed by atoms with Crippen molar-refractivity contribution >= 4 is 12.0 Å². The van der Waals surface area contributed by atoms with Crippen LogP contribution in [0.1, 0.15) is 11.1 Å². The van der Waals surface area contributed by atoms with Crippen LogP contribution in [-0.2, 0) is 13.1 Å². The maximum atomic E-state index is 11.0. The first-order chi connectivity index (χ1) is 10.2. The Hall–Kier alpha value is -2.82. The van der Waals surface area contributed by atoms with Gasteiger partial charge in [-0.1, -0.05) is 60.7 Å². The molecule has 2 rings (SSSR count). The van der Waals surface area contributed by atoms with Crippen molar-refractivity contribution in [1.29, 1.82) is 0 Å². The third kappa shape index (κ3) is 5.36. The highest BCUT2D eigenvalue weighted by Gasteiger charge is 2.02. The predicted octanol–water partition coefficient (Wildman–Crippen LogP) is 2.00. The van der Waals surface area contributed by atoms with Crippen LogP contribution in [0, 0.1) is 0 Å². The first-order valence-electron chi connectivity index (χ1n) is 6.66. The van der Waals surface area contributed by atoms with Crippen LogP contribution < -0.4 is 16.4 Å². The number of carbonyl (C=O) groups is 1. The quantitative estimate of drug-likeness (QED) is 0.592. The van der Waals surface area contributed by atoms with E-state index in [1.807, 2.05) is 60.7 Å². The van der Waals surface area contributed by atoms with Crippen molar-refractivity contribution in [3.63, 3.8) is 0 Å². The summed E-state index contributed by atoms with van der Waals surface area (Å²) in [6.45, 7) is 1.03. The number of nitrogens with two attached hydrogens (primary N) is 1. The van der Waals surface area contributed by atoms with Crippen LogP contribution in [0.3, 0.4) is 0 Å². The van der Waals surface area contributed by atoms with Crippen molar-refractivity contribution in [2.24, 2.45) is 10.7 Å². The molecular weight excluding hydrogens is 264 g/mol. The summed E-state index contributed by atoms with van der Waals surface area (Å²) < 4.78 is 0. The van der Waals surface area contributed by atoms with Gasteiger partial charge in [0.15, 0.2) is 5.96 Å². The Balaban J connectivity index is 1.98. The van der Waals surface area contributed by atoms with Crippen LogP contribution in [0.25, 0.3) is 0 Å². The molecule has 0 aromatic heterocycles. The number of aliphatic imine (C=N–C) groups is 1. The van der Waals surface area contributed by atoms with Crippen molar-refractivity contribution in [2.45, 2.75) is 13.1 Å². The molecule has 0 saturated carbocycles. The molecule has 5 nitrogen and oxygen atoms in total. The summed E-state index contributed by atoms with van der Waals surface area (Å²) in [5.74, 6) is 0.371. The number of carbonyl (C=O) groups excluding carboxylic acids is 1. The average molecular weight is 282 g/mol. The average Bonchev–Trinajstić information content (AvgIpc) is 2.51. The fourth-order valence-corrected chi connectivity index (χ4v) is 1.79. The lowest BCUT2D eigenvalue weighted by atomic mass is 10.2. The number of guanidine groups is 1. The summed E-state index contributed by atoms with van der Waals surface area (Å²) in [6, 6.07) is 19.0. The SMILES string of the molecule is NC(=O)NC(=NCc1ccccc1)NCc1ccccc1. The van der Waals surface area contributed by atoms with Crippen LogP contribution in [-0.4, -0.2) is 12.0 Å². The number of primary amides is 1.